The molecule has 0 N–H and O–H groups in total. The molecule has 4 nitrogen and oxygen atoms in total. The van der Waals surface area contributed by atoms with E-state index in [1.54, 1.807) is 20.8 Å². The second-order valence-corrected chi connectivity index (χ2v) is 4.91. The summed E-state index contributed by atoms with van der Waals surface area (Å²) in [7, 11) is -1.83. The van der Waals surface area contributed by atoms with E-state index in [-0.39, 0.29) is 0 Å². The summed E-state index contributed by atoms with van der Waals surface area (Å²) in [5.74, 6) is 0. The van der Waals surface area contributed by atoms with Crippen LogP contribution in [0, 0.1) is 0 Å². The van der Waals surface area contributed by atoms with Gasteiger partial charge in [-0.1, -0.05) is 4.47 Å². The standard InChI is InChI=1S/C6H15NO3S/c1-5-10-7(4)11(8,9)6(2)3/h6H,5H2,1-4H3. The Hall–Kier alpha value is -0.130. The van der Waals surface area contributed by atoms with Crippen molar-refractivity contribution in [1.29, 1.82) is 0 Å². The Kier molecular flexibility index (Phi) is 3.99. The molecule has 0 saturated carbocycles. The molecule has 0 aliphatic rings. The summed E-state index contributed by atoms with van der Waals surface area (Å²) in [6.07, 6.45) is 0. The van der Waals surface area contributed by atoms with E-state index < -0.39 is 15.3 Å². The van der Waals surface area contributed by atoms with Gasteiger partial charge in [0, 0.05) is 7.05 Å². The molecular formula is C6H15NO3S. The summed E-state index contributed by atoms with van der Waals surface area (Å²) in [5.41, 5.74) is 0. The van der Waals surface area contributed by atoms with Crippen LogP contribution in [-0.2, 0) is 14.9 Å². The van der Waals surface area contributed by atoms with E-state index >= 15 is 0 Å². The average Bonchev–Trinajstić information content (AvgIpc) is 1.88. The van der Waals surface area contributed by atoms with Gasteiger partial charge >= 0.3 is 0 Å². The summed E-state index contributed by atoms with van der Waals surface area (Å²) in [5, 5.41) is -0.431. The van der Waals surface area contributed by atoms with Crippen molar-refractivity contribution in [1.82, 2.24) is 4.47 Å². The van der Waals surface area contributed by atoms with E-state index in [4.69, 9.17) is 4.84 Å². The van der Waals surface area contributed by atoms with Gasteiger partial charge in [-0.3, -0.25) is 4.84 Å². The molecule has 0 aliphatic heterocycles. The number of hydrogen-bond donors (Lipinski definition) is 0. The van der Waals surface area contributed by atoms with Crippen LogP contribution in [0.3, 0.4) is 0 Å². The molecule has 0 bridgehead atoms. The Bertz CT molecular complexity index is 198. The van der Waals surface area contributed by atoms with E-state index in [0.29, 0.717) is 6.61 Å². The van der Waals surface area contributed by atoms with Crippen LogP contribution in [0.1, 0.15) is 20.8 Å². The van der Waals surface area contributed by atoms with Crippen molar-refractivity contribution in [2.24, 2.45) is 0 Å². The fraction of sp³-hybridized carbons (Fsp3) is 1.00. The summed E-state index contributed by atoms with van der Waals surface area (Å²) >= 11 is 0. The minimum atomic E-state index is -3.23. The van der Waals surface area contributed by atoms with E-state index in [1.807, 2.05) is 0 Å². The molecule has 0 heterocycles. The molecule has 0 unspecified atom stereocenters. The van der Waals surface area contributed by atoms with Gasteiger partial charge in [-0.2, -0.15) is 0 Å². The number of hydroxylamine groups is 1. The third-order valence-corrected chi connectivity index (χ3v) is 3.28. The highest BCUT2D eigenvalue weighted by molar-refractivity contribution is 7.89. The van der Waals surface area contributed by atoms with Crippen molar-refractivity contribution in [3.8, 4) is 0 Å². The van der Waals surface area contributed by atoms with Gasteiger partial charge in [-0.15, -0.1) is 0 Å². The number of sulfonamides is 1. The van der Waals surface area contributed by atoms with Crippen LogP contribution in [0.2, 0.25) is 0 Å². The van der Waals surface area contributed by atoms with Crippen molar-refractivity contribution in [3.05, 3.63) is 0 Å². The number of rotatable bonds is 4. The maximum Gasteiger partial charge on any atom is 0.238 e. The molecule has 0 rings (SSSR count). The first-order valence-corrected chi connectivity index (χ1v) is 5.04. The van der Waals surface area contributed by atoms with Gasteiger partial charge in [0.05, 0.1) is 11.9 Å². The Labute approximate surface area is 68.2 Å². The molecule has 11 heavy (non-hydrogen) atoms. The number of hydrogen-bond acceptors (Lipinski definition) is 3. The van der Waals surface area contributed by atoms with Gasteiger partial charge in [0.2, 0.25) is 10.0 Å². The van der Waals surface area contributed by atoms with Crippen LogP contribution in [0.15, 0.2) is 0 Å². The fourth-order valence-corrected chi connectivity index (χ4v) is 1.40. The first-order valence-electron chi connectivity index (χ1n) is 3.53. The quantitative estimate of drug-likeness (QED) is 0.597. The zero-order chi connectivity index (χ0) is 9.07. The smallest absolute Gasteiger partial charge is 0.238 e. The first kappa shape index (κ1) is 10.9. The topological polar surface area (TPSA) is 46.6 Å². The van der Waals surface area contributed by atoms with Gasteiger partial charge in [0.25, 0.3) is 0 Å². The van der Waals surface area contributed by atoms with Crippen LogP contribution in [0.5, 0.6) is 0 Å². The zero-order valence-corrected chi connectivity index (χ0v) is 8.18. The van der Waals surface area contributed by atoms with Crippen molar-refractivity contribution in [3.63, 3.8) is 0 Å². The van der Waals surface area contributed by atoms with Crippen molar-refractivity contribution < 1.29 is 13.3 Å². The molecule has 0 aliphatic carbocycles. The third-order valence-electron chi connectivity index (χ3n) is 1.26. The SMILES string of the molecule is CCON(C)S(=O)(=O)C(C)C. The van der Waals surface area contributed by atoms with E-state index in [2.05, 4.69) is 0 Å². The Morgan fingerprint density at radius 2 is 1.91 bits per heavy atom. The molecular weight excluding hydrogens is 166 g/mol. The monoisotopic (exact) mass is 181 g/mol. The van der Waals surface area contributed by atoms with Gasteiger partial charge in [0.15, 0.2) is 0 Å². The largest absolute Gasteiger partial charge is 0.285 e. The van der Waals surface area contributed by atoms with Crippen LogP contribution in [0.4, 0.5) is 0 Å². The normalized spacial score (nSPS) is 12.9. The van der Waals surface area contributed by atoms with Gasteiger partial charge in [-0.05, 0) is 20.8 Å². The minimum absolute atomic E-state index is 0.364. The van der Waals surface area contributed by atoms with Gasteiger partial charge in [0.1, 0.15) is 0 Å². The lowest BCUT2D eigenvalue weighted by atomic mass is 10.6. The molecule has 0 spiro atoms. The first-order chi connectivity index (χ1) is 4.92. The van der Waals surface area contributed by atoms with Crippen molar-refractivity contribution in [2.45, 2.75) is 26.0 Å². The highest BCUT2D eigenvalue weighted by Gasteiger charge is 2.22. The average molecular weight is 181 g/mol. The summed E-state index contributed by atoms with van der Waals surface area (Å²) in [6.45, 7) is 5.34. The second kappa shape index (κ2) is 4.04. The van der Waals surface area contributed by atoms with Crippen LogP contribution >= 0.6 is 0 Å². The fourth-order valence-electron chi connectivity index (χ4n) is 0.552. The van der Waals surface area contributed by atoms with Crippen molar-refractivity contribution >= 4 is 10.0 Å². The molecule has 0 atom stereocenters. The van der Waals surface area contributed by atoms with Crippen LogP contribution in [0.25, 0.3) is 0 Å². The number of nitrogens with zero attached hydrogens (tertiary/aromatic N) is 1. The van der Waals surface area contributed by atoms with Crippen LogP contribution in [-0.4, -0.2) is 31.8 Å². The maximum atomic E-state index is 11.2. The molecule has 0 aromatic rings. The van der Waals surface area contributed by atoms with Crippen LogP contribution < -0.4 is 0 Å². The predicted molar refractivity (Wildman–Crippen MR) is 43.4 cm³/mol. The van der Waals surface area contributed by atoms with Crippen molar-refractivity contribution in [2.75, 3.05) is 13.7 Å². The third kappa shape index (κ3) is 2.76. The lowest BCUT2D eigenvalue weighted by molar-refractivity contribution is -0.0583. The molecule has 5 heteroatoms. The molecule has 0 saturated heterocycles. The van der Waals surface area contributed by atoms with E-state index in [1.165, 1.54) is 7.05 Å². The van der Waals surface area contributed by atoms with E-state index in [9.17, 15) is 8.42 Å². The molecule has 0 fully saturated rings. The predicted octanol–water partition coefficient (Wildman–Crippen LogP) is 0.608. The maximum absolute atomic E-state index is 11.2. The Morgan fingerprint density at radius 1 is 1.45 bits per heavy atom. The zero-order valence-electron chi connectivity index (χ0n) is 7.36. The summed E-state index contributed by atoms with van der Waals surface area (Å²) in [4.78, 5) is 4.81. The molecule has 0 amide bonds. The lowest BCUT2D eigenvalue weighted by Crippen LogP contribution is -2.33. The van der Waals surface area contributed by atoms with Gasteiger partial charge in [-0.25, -0.2) is 8.42 Å². The Morgan fingerprint density at radius 3 is 2.18 bits per heavy atom. The van der Waals surface area contributed by atoms with E-state index in [0.717, 1.165) is 4.47 Å². The molecule has 0 aromatic carbocycles. The molecule has 0 aromatic heterocycles. The summed E-state index contributed by atoms with van der Waals surface area (Å²) < 4.78 is 23.4. The highest BCUT2D eigenvalue weighted by Crippen LogP contribution is 2.05. The highest BCUT2D eigenvalue weighted by atomic mass is 32.2. The Balaban J connectivity index is 4.32. The lowest BCUT2D eigenvalue weighted by Gasteiger charge is -2.17. The molecule has 0 radical (unpaired) electrons. The molecule has 68 valence electrons. The summed E-state index contributed by atoms with van der Waals surface area (Å²) in [6, 6.07) is 0. The second-order valence-electron chi connectivity index (χ2n) is 2.42. The minimum Gasteiger partial charge on any atom is -0.285 e. The van der Waals surface area contributed by atoms with Gasteiger partial charge < -0.3 is 0 Å².